The molecular weight excluding hydrogens is 226 g/mol. The number of likely N-dealkylation sites (tertiary alicyclic amines) is 1. The van der Waals surface area contributed by atoms with Crippen LogP contribution in [0.2, 0.25) is 0 Å². The van der Waals surface area contributed by atoms with Crippen molar-refractivity contribution in [1.82, 2.24) is 4.90 Å². The minimum Gasteiger partial charge on any atom is -0.303 e. The Balaban J connectivity index is 2.04. The van der Waals surface area contributed by atoms with Crippen molar-refractivity contribution in [3.63, 3.8) is 0 Å². The Morgan fingerprint density at radius 1 is 1.23 bits per heavy atom. The number of halogens is 1. The SMILES string of the molecule is CC1(C)CCN(CCCCCBr)C1. The molecule has 0 bridgehead atoms. The first-order chi connectivity index (χ1) is 6.14. The highest BCUT2D eigenvalue weighted by Gasteiger charge is 2.28. The van der Waals surface area contributed by atoms with E-state index in [0.717, 1.165) is 0 Å². The van der Waals surface area contributed by atoms with E-state index in [9.17, 15) is 0 Å². The van der Waals surface area contributed by atoms with Crippen LogP contribution in [-0.4, -0.2) is 29.9 Å². The molecule has 1 fully saturated rings. The number of alkyl halides is 1. The van der Waals surface area contributed by atoms with Crippen molar-refractivity contribution in [2.75, 3.05) is 25.0 Å². The lowest BCUT2D eigenvalue weighted by molar-refractivity contribution is 0.285. The van der Waals surface area contributed by atoms with Crippen LogP contribution >= 0.6 is 15.9 Å². The zero-order chi connectivity index (χ0) is 9.73. The second kappa shape index (κ2) is 5.35. The van der Waals surface area contributed by atoms with Gasteiger partial charge in [0.1, 0.15) is 0 Å². The number of rotatable bonds is 5. The molecule has 0 saturated carbocycles. The number of hydrogen-bond donors (Lipinski definition) is 0. The summed E-state index contributed by atoms with van der Waals surface area (Å²) in [5.74, 6) is 0. The van der Waals surface area contributed by atoms with Gasteiger partial charge in [0.15, 0.2) is 0 Å². The van der Waals surface area contributed by atoms with Gasteiger partial charge >= 0.3 is 0 Å². The summed E-state index contributed by atoms with van der Waals surface area (Å²) in [4.78, 5) is 2.62. The van der Waals surface area contributed by atoms with Gasteiger partial charge in [-0.05, 0) is 37.8 Å². The molecule has 0 aromatic carbocycles. The fourth-order valence-corrected chi connectivity index (χ4v) is 2.42. The summed E-state index contributed by atoms with van der Waals surface area (Å²) >= 11 is 3.47. The van der Waals surface area contributed by atoms with Gasteiger partial charge in [-0.1, -0.05) is 36.2 Å². The van der Waals surface area contributed by atoms with Crippen molar-refractivity contribution in [2.45, 2.75) is 39.5 Å². The summed E-state index contributed by atoms with van der Waals surface area (Å²) in [6.07, 6.45) is 5.46. The Bertz CT molecular complexity index is 145. The number of hydrogen-bond acceptors (Lipinski definition) is 1. The van der Waals surface area contributed by atoms with E-state index in [0.29, 0.717) is 5.41 Å². The fraction of sp³-hybridized carbons (Fsp3) is 1.00. The summed E-state index contributed by atoms with van der Waals surface area (Å²) in [5, 5.41) is 1.17. The van der Waals surface area contributed by atoms with E-state index >= 15 is 0 Å². The number of nitrogens with zero attached hydrogens (tertiary/aromatic N) is 1. The summed E-state index contributed by atoms with van der Waals surface area (Å²) in [6.45, 7) is 8.70. The topological polar surface area (TPSA) is 3.24 Å². The summed E-state index contributed by atoms with van der Waals surface area (Å²) in [6, 6.07) is 0. The maximum absolute atomic E-state index is 3.47. The Kier molecular flexibility index (Phi) is 4.74. The largest absolute Gasteiger partial charge is 0.303 e. The monoisotopic (exact) mass is 247 g/mol. The van der Waals surface area contributed by atoms with Gasteiger partial charge in [-0.15, -0.1) is 0 Å². The Morgan fingerprint density at radius 2 is 2.00 bits per heavy atom. The second-order valence-corrected chi connectivity index (χ2v) is 5.73. The molecule has 0 aliphatic carbocycles. The summed E-state index contributed by atoms with van der Waals surface area (Å²) in [7, 11) is 0. The Hall–Kier alpha value is 0.440. The van der Waals surface area contributed by atoms with E-state index in [1.165, 1.54) is 50.6 Å². The average Bonchev–Trinajstić information content (AvgIpc) is 2.40. The molecule has 1 aliphatic rings. The van der Waals surface area contributed by atoms with Crippen LogP contribution in [0, 0.1) is 5.41 Å². The molecular formula is C11H22BrN. The van der Waals surface area contributed by atoms with Gasteiger partial charge in [-0.25, -0.2) is 0 Å². The summed E-state index contributed by atoms with van der Waals surface area (Å²) < 4.78 is 0. The van der Waals surface area contributed by atoms with Crippen LogP contribution < -0.4 is 0 Å². The first kappa shape index (κ1) is 11.5. The minimum atomic E-state index is 0.579. The maximum atomic E-state index is 3.47. The third-order valence-electron chi connectivity index (χ3n) is 2.86. The molecule has 78 valence electrons. The zero-order valence-electron chi connectivity index (χ0n) is 8.98. The predicted molar refractivity (Wildman–Crippen MR) is 62.5 cm³/mol. The Morgan fingerprint density at radius 3 is 2.54 bits per heavy atom. The summed E-state index contributed by atoms with van der Waals surface area (Å²) in [5.41, 5.74) is 0.579. The van der Waals surface area contributed by atoms with E-state index < -0.39 is 0 Å². The molecule has 0 atom stereocenters. The van der Waals surface area contributed by atoms with E-state index in [4.69, 9.17) is 0 Å². The maximum Gasteiger partial charge on any atom is 0.00332 e. The van der Waals surface area contributed by atoms with Gasteiger partial charge in [-0.2, -0.15) is 0 Å². The van der Waals surface area contributed by atoms with E-state index in [1.54, 1.807) is 0 Å². The molecule has 1 aliphatic heterocycles. The molecule has 13 heavy (non-hydrogen) atoms. The second-order valence-electron chi connectivity index (χ2n) is 4.94. The van der Waals surface area contributed by atoms with Gasteiger partial charge in [0, 0.05) is 11.9 Å². The van der Waals surface area contributed by atoms with Crippen LogP contribution in [-0.2, 0) is 0 Å². The van der Waals surface area contributed by atoms with Gasteiger partial charge in [0.05, 0.1) is 0 Å². The standard InChI is InChI=1S/C11H22BrN/c1-11(2)6-9-13(10-11)8-5-3-4-7-12/h3-10H2,1-2H3. The third kappa shape index (κ3) is 4.46. The number of unbranched alkanes of at least 4 members (excludes halogenated alkanes) is 2. The lowest BCUT2D eigenvalue weighted by Crippen LogP contribution is -2.24. The van der Waals surface area contributed by atoms with Gasteiger partial charge in [-0.3, -0.25) is 0 Å². The lowest BCUT2D eigenvalue weighted by atomic mass is 9.93. The fourth-order valence-electron chi connectivity index (χ4n) is 2.02. The van der Waals surface area contributed by atoms with Crippen LogP contribution in [0.1, 0.15) is 39.5 Å². The third-order valence-corrected chi connectivity index (χ3v) is 3.43. The molecule has 1 heterocycles. The smallest absolute Gasteiger partial charge is 0.00332 e. The van der Waals surface area contributed by atoms with Crippen LogP contribution in [0.5, 0.6) is 0 Å². The first-order valence-corrected chi connectivity index (χ1v) is 6.54. The molecule has 2 heteroatoms. The van der Waals surface area contributed by atoms with Crippen molar-refractivity contribution >= 4 is 15.9 Å². The van der Waals surface area contributed by atoms with Crippen LogP contribution in [0.3, 0.4) is 0 Å². The zero-order valence-corrected chi connectivity index (χ0v) is 10.6. The molecule has 1 saturated heterocycles. The van der Waals surface area contributed by atoms with Gasteiger partial charge in [0.25, 0.3) is 0 Å². The van der Waals surface area contributed by atoms with E-state index in [-0.39, 0.29) is 0 Å². The lowest BCUT2D eigenvalue weighted by Gasteiger charge is -2.19. The van der Waals surface area contributed by atoms with Crippen molar-refractivity contribution in [3.05, 3.63) is 0 Å². The minimum absolute atomic E-state index is 0.579. The molecule has 1 nitrogen and oxygen atoms in total. The quantitative estimate of drug-likeness (QED) is 0.533. The Labute approximate surface area is 91.0 Å². The highest BCUT2D eigenvalue weighted by Crippen LogP contribution is 2.28. The van der Waals surface area contributed by atoms with Crippen LogP contribution in [0.15, 0.2) is 0 Å². The van der Waals surface area contributed by atoms with Crippen LogP contribution in [0.25, 0.3) is 0 Å². The van der Waals surface area contributed by atoms with Crippen molar-refractivity contribution in [3.8, 4) is 0 Å². The molecule has 0 N–H and O–H groups in total. The van der Waals surface area contributed by atoms with Gasteiger partial charge in [0.2, 0.25) is 0 Å². The normalized spacial score (nSPS) is 22.4. The molecule has 0 unspecified atom stereocenters. The average molecular weight is 248 g/mol. The molecule has 0 aromatic heterocycles. The molecule has 0 aromatic rings. The molecule has 0 amide bonds. The highest BCUT2D eigenvalue weighted by atomic mass is 79.9. The molecule has 0 radical (unpaired) electrons. The van der Waals surface area contributed by atoms with Crippen LogP contribution in [0.4, 0.5) is 0 Å². The van der Waals surface area contributed by atoms with E-state index in [1.807, 2.05) is 0 Å². The predicted octanol–water partition coefficient (Wildman–Crippen LogP) is 3.28. The van der Waals surface area contributed by atoms with Crippen molar-refractivity contribution < 1.29 is 0 Å². The van der Waals surface area contributed by atoms with Crippen molar-refractivity contribution in [2.24, 2.45) is 5.41 Å². The first-order valence-electron chi connectivity index (χ1n) is 5.42. The van der Waals surface area contributed by atoms with E-state index in [2.05, 4.69) is 34.7 Å². The molecule has 1 rings (SSSR count). The van der Waals surface area contributed by atoms with Gasteiger partial charge < -0.3 is 4.90 Å². The van der Waals surface area contributed by atoms with Crippen molar-refractivity contribution in [1.29, 1.82) is 0 Å². The highest BCUT2D eigenvalue weighted by molar-refractivity contribution is 9.09. The molecule has 0 spiro atoms.